The van der Waals surface area contributed by atoms with Gasteiger partial charge in [0.15, 0.2) is 5.82 Å². The fourth-order valence-corrected chi connectivity index (χ4v) is 5.25. The van der Waals surface area contributed by atoms with Crippen molar-refractivity contribution >= 4 is 28.3 Å². The highest BCUT2D eigenvalue weighted by Crippen LogP contribution is 2.29. The van der Waals surface area contributed by atoms with Gasteiger partial charge in [0.1, 0.15) is 0 Å². The van der Waals surface area contributed by atoms with Crippen molar-refractivity contribution in [3.63, 3.8) is 0 Å². The van der Waals surface area contributed by atoms with Crippen molar-refractivity contribution in [2.75, 3.05) is 37.6 Å². The van der Waals surface area contributed by atoms with Crippen LogP contribution in [0, 0.1) is 5.92 Å². The quantitative estimate of drug-likeness (QED) is 0.685. The highest BCUT2D eigenvalue weighted by atomic mass is 16.1. The molecule has 6 heteroatoms. The van der Waals surface area contributed by atoms with Crippen LogP contribution in [0.4, 0.5) is 5.82 Å². The highest BCUT2D eigenvalue weighted by Gasteiger charge is 2.27. The van der Waals surface area contributed by atoms with Crippen molar-refractivity contribution in [2.45, 2.75) is 45.1 Å². The number of likely N-dealkylation sites (tertiary alicyclic amines) is 1. The van der Waals surface area contributed by atoms with Gasteiger partial charge in [-0.3, -0.25) is 9.69 Å². The Morgan fingerprint density at radius 2 is 1.84 bits per heavy atom. The average molecular weight is 420 g/mol. The molecular formula is C25H33N5O. The summed E-state index contributed by atoms with van der Waals surface area (Å²) in [4.78, 5) is 22.6. The van der Waals surface area contributed by atoms with Crippen LogP contribution in [0.2, 0.25) is 0 Å². The molecule has 2 aliphatic rings. The number of carbonyl (C=O) groups excluding carboxylic acids is 1. The summed E-state index contributed by atoms with van der Waals surface area (Å²) >= 11 is 0. The van der Waals surface area contributed by atoms with E-state index in [1.807, 2.05) is 6.07 Å². The van der Waals surface area contributed by atoms with Crippen LogP contribution in [0.3, 0.4) is 0 Å². The van der Waals surface area contributed by atoms with E-state index in [2.05, 4.69) is 63.0 Å². The van der Waals surface area contributed by atoms with E-state index in [1.54, 1.807) is 0 Å². The van der Waals surface area contributed by atoms with Crippen LogP contribution in [0.1, 0.15) is 39.0 Å². The molecule has 1 unspecified atom stereocenters. The average Bonchev–Trinajstić information content (AvgIpc) is 3.30. The summed E-state index contributed by atoms with van der Waals surface area (Å²) in [6.07, 6.45) is 7.77. The zero-order valence-corrected chi connectivity index (χ0v) is 18.5. The van der Waals surface area contributed by atoms with Crippen LogP contribution >= 0.6 is 0 Å². The van der Waals surface area contributed by atoms with E-state index in [4.69, 9.17) is 4.98 Å². The fourth-order valence-electron chi connectivity index (χ4n) is 5.25. The molecule has 31 heavy (non-hydrogen) atoms. The Labute approximate surface area is 184 Å². The third kappa shape index (κ3) is 4.13. The molecule has 164 valence electrons. The first-order valence-corrected chi connectivity index (χ1v) is 11.8. The maximum absolute atomic E-state index is 12.7. The number of hydrogen-bond donors (Lipinski definition) is 1. The SMILES string of the molecule is CC1CCCCN1CCNC(=O)C1CCN(c2nc3ccccc3n3cccc23)CC1. The second kappa shape index (κ2) is 8.87. The fraction of sp³-hybridized carbons (Fsp3) is 0.520. The first kappa shape index (κ1) is 20.3. The van der Waals surface area contributed by atoms with Gasteiger partial charge in [-0.2, -0.15) is 0 Å². The zero-order valence-electron chi connectivity index (χ0n) is 18.5. The second-order valence-electron chi connectivity index (χ2n) is 9.12. The third-order valence-corrected chi connectivity index (χ3v) is 7.15. The molecule has 0 bridgehead atoms. The predicted molar refractivity (Wildman–Crippen MR) is 126 cm³/mol. The summed E-state index contributed by atoms with van der Waals surface area (Å²) in [6.45, 7) is 6.95. The van der Waals surface area contributed by atoms with E-state index in [9.17, 15) is 4.79 Å². The summed E-state index contributed by atoms with van der Waals surface area (Å²) in [5.41, 5.74) is 3.27. The van der Waals surface area contributed by atoms with Gasteiger partial charge in [0, 0.05) is 44.3 Å². The molecule has 5 rings (SSSR count). The molecule has 4 heterocycles. The summed E-state index contributed by atoms with van der Waals surface area (Å²) in [5, 5.41) is 3.21. The molecule has 1 amide bonds. The number of nitrogens with zero attached hydrogens (tertiary/aromatic N) is 4. The van der Waals surface area contributed by atoms with E-state index >= 15 is 0 Å². The van der Waals surface area contributed by atoms with E-state index in [0.717, 1.165) is 61.4 Å². The van der Waals surface area contributed by atoms with Crippen LogP contribution in [0.25, 0.3) is 16.6 Å². The van der Waals surface area contributed by atoms with Crippen LogP contribution < -0.4 is 10.2 Å². The number of carbonyl (C=O) groups is 1. The number of piperidine rings is 2. The van der Waals surface area contributed by atoms with Gasteiger partial charge >= 0.3 is 0 Å². The van der Waals surface area contributed by atoms with Gasteiger partial charge < -0.3 is 14.6 Å². The molecule has 0 spiro atoms. The molecule has 2 aliphatic heterocycles. The minimum absolute atomic E-state index is 0.110. The Hall–Kier alpha value is -2.60. The van der Waals surface area contributed by atoms with Crippen molar-refractivity contribution in [3.8, 4) is 0 Å². The van der Waals surface area contributed by atoms with Crippen LogP contribution in [0.5, 0.6) is 0 Å². The largest absolute Gasteiger partial charge is 0.355 e. The third-order valence-electron chi connectivity index (χ3n) is 7.15. The van der Waals surface area contributed by atoms with E-state index < -0.39 is 0 Å². The summed E-state index contributed by atoms with van der Waals surface area (Å²) in [7, 11) is 0. The van der Waals surface area contributed by atoms with Gasteiger partial charge in [-0.25, -0.2) is 4.98 Å². The van der Waals surface area contributed by atoms with E-state index in [-0.39, 0.29) is 11.8 Å². The van der Waals surface area contributed by atoms with Crippen molar-refractivity contribution < 1.29 is 4.79 Å². The number of para-hydroxylation sites is 2. The molecule has 6 nitrogen and oxygen atoms in total. The summed E-state index contributed by atoms with van der Waals surface area (Å²) < 4.78 is 2.22. The van der Waals surface area contributed by atoms with E-state index in [0.29, 0.717) is 6.04 Å². The molecule has 2 saturated heterocycles. The minimum atomic E-state index is 0.110. The Morgan fingerprint density at radius 3 is 2.68 bits per heavy atom. The van der Waals surface area contributed by atoms with Crippen LogP contribution in [0.15, 0.2) is 42.6 Å². The molecule has 0 radical (unpaired) electrons. The maximum Gasteiger partial charge on any atom is 0.223 e. The van der Waals surface area contributed by atoms with Crippen molar-refractivity contribution in [1.29, 1.82) is 0 Å². The van der Waals surface area contributed by atoms with Gasteiger partial charge in [-0.05, 0) is 63.4 Å². The first-order chi connectivity index (χ1) is 15.2. The molecule has 0 aliphatic carbocycles. The highest BCUT2D eigenvalue weighted by molar-refractivity contribution is 5.85. The van der Waals surface area contributed by atoms with Crippen LogP contribution in [-0.4, -0.2) is 59.0 Å². The van der Waals surface area contributed by atoms with Crippen molar-refractivity contribution in [1.82, 2.24) is 19.6 Å². The number of benzene rings is 1. The monoisotopic (exact) mass is 419 g/mol. The number of amides is 1. The van der Waals surface area contributed by atoms with Crippen LogP contribution in [-0.2, 0) is 4.79 Å². The zero-order chi connectivity index (χ0) is 21.2. The Morgan fingerprint density at radius 1 is 1.03 bits per heavy atom. The van der Waals surface area contributed by atoms with Crippen molar-refractivity contribution in [3.05, 3.63) is 42.6 Å². The van der Waals surface area contributed by atoms with Gasteiger partial charge in [-0.1, -0.05) is 18.6 Å². The first-order valence-electron chi connectivity index (χ1n) is 11.8. The lowest BCUT2D eigenvalue weighted by atomic mass is 9.96. The van der Waals surface area contributed by atoms with Gasteiger partial charge in [0.2, 0.25) is 5.91 Å². The summed E-state index contributed by atoms with van der Waals surface area (Å²) in [6, 6.07) is 13.1. The number of hydrogen-bond acceptors (Lipinski definition) is 4. The molecular weight excluding hydrogens is 386 g/mol. The number of nitrogens with one attached hydrogen (secondary N) is 1. The lowest BCUT2D eigenvalue weighted by molar-refractivity contribution is -0.125. The smallest absolute Gasteiger partial charge is 0.223 e. The van der Waals surface area contributed by atoms with Gasteiger partial charge in [0.05, 0.1) is 16.6 Å². The molecule has 1 N–H and O–H groups in total. The number of fused-ring (bicyclic) bond motifs is 3. The molecule has 0 saturated carbocycles. The Kier molecular flexibility index (Phi) is 5.81. The Balaban J connectivity index is 1.19. The maximum atomic E-state index is 12.7. The molecule has 2 aromatic heterocycles. The predicted octanol–water partition coefficient (Wildman–Crippen LogP) is 3.69. The normalized spacial score (nSPS) is 21.1. The Bertz CT molecular complexity index is 1050. The lowest BCUT2D eigenvalue weighted by Crippen LogP contribution is -2.45. The summed E-state index contributed by atoms with van der Waals surface area (Å²) in [5.74, 6) is 1.36. The molecule has 2 fully saturated rings. The second-order valence-corrected chi connectivity index (χ2v) is 9.12. The van der Waals surface area contributed by atoms with Gasteiger partial charge in [-0.15, -0.1) is 0 Å². The molecule has 1 atom stereocenters. The molecule has 3 aromatic rings. The standard InChI is InChI=1S/C25H33N5O/c1-19-7-4-5-14-28(19)18-13-26-25(31)20-11-16-29(17-12-20)24-23-10-6-15-30(23)22-9-3-2-8-21(22)27-24/h2-3,6,8-10,15,19-20H,4-5,7,11-14,16-18H2,1H3,(H,26,31). The van der Waals surface area contributed by atoms with Crippen molar-refractivity contribution in [2.24, 2.45) is 5.92 Å². The minimum Gasteiger partial charge on any atom is -0.355 e. The number of anilines is 1. The topological polar surface area (TPSA) is 52.9 Å². The molecule has 1 aromatic carbocycles. The lowest BCUT2D eigenvalue weighted by Gasteiger charge is -2.34. The number of rotatable bonds is 5. The van der Waals surface area contributed by atoms with Gasteiger partial charge in [0.25, 0.3) is 0 Å². The van der Waals surface area contributed by atoms with E-state index in [1.165, 1.54) is 25.8 Å². The number of aromatic nitrogens is 2.